The molecule has 0 unspecified atom stereocenters. The third-order valence-corrected chi connectivity index (χ3v) is 12.0. The minimum atomic E-state index is -4.03. The van der Waals surface area contributed by atoms with Crippen molar-refractivity contribution in [3.8, 4) is 11.7 Å². The van der Waals surface area contributed by atoms with Crippen LogP contribution in [0.1, 0.15) is 29.6 Å². The first-order chi connectivity index (χ1) is 16.0. The first-order valence-electron chi connectivity index (χ1n) is 11.0. The Balaban J connectivity index is 1.40. The normalized spacial score (nSPS) is 15.1. The van der Waals surface area contributed by atoms with Crippen molar-refractivity contribution in [1.82, 2.24) is 19.5 Å². The summed E-state index contributed by atoms with van der Waals surface area (Å²) < 4.78 is 34.2. The van der Waals surface area contributed by atoms with Gasteiger partial charge in [0.15, 0.2) is 5.82 Å². The molecule has 0 bridgehead atoms. The van der Waals surface area contributed by atoms with Crippen LogP contribution in [0.3, 0.4) is 0 Å². The molecule has 3 aromatic rings. The Labute approximate surface area is 205 Å². The largest absolute Gasteiger partial charge is 0.477 e. The fourth-order valence-corrected chi connectivity index (χ4v) is 7.65. The number of amides is 1. The Morgan fingerprint density at radius 1 is 1.15 bits per heavy atom. The Kier molecular flexibility index (Phi) is 6.58. The molecule has 8 nitrogen and oxygen atoms in total. The predicted molar refractivity (Wildman–Crippen MR) is 133 cm³/mol. The molecular weight excluding hydrogens is 492 g/mol. The molecule has 0 saturated heterocycles. The van der Waals surface area contributed by atoms with Gasteiger partial charge in [0.25, 0.3) is 15.9 Å². The van der Waals surface area contributed by atoms with Gasteiger partial charge in [-0.1, -0.05) is 49.4 Å². The average molecular weight is 519 g/mol. The lowest BCUT2D eigenvalue weighted by Gasteiger charge is -2.28. The van der Waals surface area contributed by atoms with Gasteiger partial charge in [-0.25, -0.2) is 22.8 Å². The van der Waals surface area contributed by atoms with Gasteiger partial charge in [0.1, 0.15) is 5.15 Å². The molecule has 0 aliphatic heterocycles. The Morgan fingerprint density at radius 2 is 1.85 bits per heavy atom. The molecular formula is C23H27ClN4O4SSi. The summed E-state index contributed by atoms with van der Waals surface area (Å²) in [6, 6.07) is 12.3. The van der Waals surface area contributed by atoms with Crippen molar-refractivity contribution in [3.63, 3.8) is 0 Å². The zero-order chi connectivity index (χ0) is 24.6. The molecule has 0 atom stereocenters. The Morgan fingerprint density at radius 3 is 2.47 bits per heavy atom. The van der Waals surface area contributed by atoms with E-state index in [1.165, 1.54) is 41.8 Å². The zero-order valence-electron chi connectivity index (χ0n) is 19.3. The van der Waals surface area contributed by atoms with Crippen molar-refractivity contribution >= 4 is 35.6 Å². The molecule has 1 aliphatic carbocycles. The van der Waals surface area contributed by atoms with E-state index in [9.17, 15) is 13.2 Å². The summed E-state index contributed by atoms with van der Waals surface area (Å²) in [5.41, 5.74) is -0.0605. The minimum absolute atomic E-state index is 0.0226. The number of nitrogens with one attached hydrogen (secondary N) is 1. The van der Waals surface area contributed by atoms with Crippen molar-refractivity contribution in [2.75, 3.05) is 6.61 Å². The van der Waals surface area contributed by atoms with Gasteiger partial charge in [-0.15, -0.1) is 5.10 Å². The zero-order valence-corrected chi connectivity index (χ0v) is 21.9. The number of carbonyl (C=O) groups excluding carboxylic acids is 1. The lowest BCUT2D eigenvalue weighted by molar-refractivity contribution is 0.0981. The summed E-state index contributed by atoms with van der Waals surface area (Å²) >= 11 is 6.20. The molecule has 1 amide bonds. The van der Waals surface area contributed by atoms with Crippen molar-refractivity contribution in [1.29, 1.82) is 0 Å². The summed E-state index contributed by atoms with van der Waals surface area (Å²) in [5.74, 6) is -0.00283. The van der Waals surface area contributed by atoms with Gasteiger partial charge >= 0.3 is 0 Å². The molecule has 34 heavy (non-hydrogen) atoms. The first kappa shape index (κ1) is 24.4. The van der Waals surface area contributed by atoms with E-state index in [1.54, 1.807) is 30.5 Å². The molecule has 2 aromatic heterocycles. The van der Waals surface area contributed by atoms with Crippen LogP contribution in [0.15, 0.2) is 59.6 Å². The van der Waals surface area contributed by atoms with Crippen LogP contribution in [-0.4, -0.2) is 43.8 Å². The monoisotopic (exact) mass is 518 g/mol. The molecule has 180 valence electrons. The van der Waals surface area contributed by atoms with Crippen molar-refractivity contribution in [2.24, 2.45) is 0 Å². The molecule has 1 fully saturated rings. The number of nitrogens with zero attached hydrogens (tertiary/aromatic N) is 3. The standard InChI is InChI=1S/C23H27ClN4O4SSi/c1-34(2,3)23(12-13-23)14-16-32-20-11-15-28(26-20)19-10-9-18(21(24)25-19)22(29)27-33(30,31)17-7-5-4-6-8-17/h4-11,15H,12-14,16H2,1-3H3,(H,27,29). The van der Waals surface area contributed by atoms with Crippen LogP contribution in [0.25, 0.3) is 5.82 Å². The number of aromatic nitrogens is 3. The number of hydrogen-bond donors (Lipinski definition) is 1. The van der Waals surface area contributed by atoms with Gasteiger partial charge in [0, 0.05) is 12.3 Å². The molecule has 4 rings (SSSR count). The highest BCUT2D eigenvalue weighted by atomic mass is 35.5. The van der Waals surface area contributed by atoms with Crippen molar-refractivity contribution < 1.29 is 17.9 Å². The second-order valence-electron chi connectivity index (χ2n) is 9.48. The van der Waals surface area contributed by atoms with Crippen LogP contribution in [0, 0.1) is 0 Å². The van der Waals surface area contributed by atoms with E-state index in [1.807, 2.05) is 4.72 Å². The Hall–Kier alpha value is -2.69. The van der Waals surface area contributed by atoms with Gasteiger partial charge < -0.3 is 4.74 Å². The van der Waals surface area contributed by atoms with E-state index in [0.29, 0.717) is 23.3 Å². The van der Waals surface area contributed by atoms with Gasteiger partial charge in [-0.05, 0) is 48.6 Å². The van der Waals surface area contributed by atoms with Crippen molar-refractivity contribution in [3.05, 3.63) is 65.4 Å². The van der Waals surface area contributed by atoms with E-state index in [0.717, 1.165) is 6.42 Å². The van der Waals surface area contributed by atoms with E-state index in [4.69, 9.17) is 16.3 Å². The second kappa shape index (κ2) is 9.16. The number of carbonyl (C=O) groups is 1. The number of ether oxygens (including phenoxy) is 1. The number of benzene rings is 1. The van der Waals surface area contributed by atoms with Crippen LogP contribution < -0.4 is 9.46 Å². The molecule has 1 N–H and O–H groups in total. The molecule has 11 heteroatoms. The lowest BCUT2D eigenvalue weighted by Crippen LogP contribution is -2.31. The third kappa shape index (κ3) is 5.18. The minimum Gasteiger partial charge on any atom is -0.477 e. The molecule has 2 heterocycles. The maximum Gasteiger partial charge on any atom is 0.268 e. The number of hydrogen-bond acceptors (Lipinski definition) is 6. The van der Waals surface area contributed by atoms with E-state index < -0.39 is 24.0 Å². The highest BCUT2D eigenvalue weighted by Crippen LogP contribution is 2.63. The summed E-state index contributed by atoms with van der Waals surface area (Å²) in [4.78, 5) is 16.7. The molecule has 0 spiro atoms. The second-order valence-corrected chi connectivity index (χ2v) is 17.1. The van der Waals surface area contributed by atoms with E-state index in [-0.39, 0.29) is 15.6 Å². The molecule has 0 radical (unpaired) electrons. The number of pyridine rings is 1. The topological polar surface area (TPSA) is 103 Å². The van der Waals surface area contributed by atoms with Crippen LogP contribution in [0.2, 0.25) is 29.8 Å². The van der Waals surface area contributed by atoms with Gasteiger partial charge in [0.2, 0.25) is 5.88 Å². The van der Waals surface area contributed by atoms with Crippen LogP contribution >= 0.6 is 11.6 Å². The van der Waals surface area contributed by atoms with Crippen LogP contribution in [0.4, 0.5) is 0 Å². The smallest absolute Gasteiger partial charge is 0.268 e. The van der Waals surface area contributed by atoms with Crippen LogP contribution in [0.5, 0.6) is 5.88 Å². The highest BCUT2D eigenvalue weighted by Gasteiger charge is 2.52. The number of rotatable bonds is 9. The fraction of sp³-hybridized carbons (Fsp3) is 0.348. The predicted octanol–water partition coefficient (Wildman–Crippen LogP) is 4.68. The molecule has 1 aliphatic rings. The summed E-state index contributed by atoms with van der Waals surface area (Å²) in [7, 11) is -5.24. The molecule has 1 saturated carbocycles. The maximum absolute atomic E-state index is 12.5. The quantitative estimate of drug-likeness (QED) is 0.326. The van der Waals surface area contributed by atoms with E-state index in [2.05, 4.69) is 29.7 Å². The average Bonchev–Trinajstić information content (AvgIpc) is 3.44. The summed E-state index contributed by atoms with van der Waals surface area (Å²) in [5, 5.41) is 4.73. The Bertz CT molecular complexity index is 1300. The highest BCUT2D eigenvalue weighted by molar-refractivity contribution is 7.90. The molecule has 1 aromatic carbocycles. The summed E-state index contributed by atoms with van der Waals surface area (Å²) in [6.45, 7) is 7.84. The van der Waals surface area contributed by atoms with Crippen molar-refractivity contribution in [2.45, 2.75) is 48.8 Å². The number of sulfonamides is 1. The van der Waals surface area contributed by atoms with E-state index >= 15 is 0 Å². The van der Waals surface area contributed by atoms with Gasteiger partial charge in [0.05, 0.1) is 25.1 Å². The van der Waals surface area contributed by atoms with Gasteiger partial charge in [-0.2, -0.15) is 0 Å². The SMILES string of the molecule is C[Si](C)(C)C1(CCOc2ccn(-c3ccc(C(=O)NS(=O)(=O)c4ccccc4)c(Cl)n3)n2)CC1. The third-order valence-electron chi connectivity index (χ3n) is 6.43. The maximum atomic E-state index is 12.5. The lowest BCUT2D eigenvalue weighted by atomic mass is 10.3. The van der Waals surface area contributed by atoms with Gasteiger partial charge in [-0.3, -0.25) is 4.79 Å². The number of halogens is 1. The first-order valence-corrected chi connectivity index (χ1v) is 16.3. The fourth-order valence-electron chi connectivity index (χ4n) is 3.95. The summed E-state index contributed by atoms with van der Waals surface area (Å²) in [6.07, 6.45) is 5.30. The van der Waals surface area contributed by atoms with Crippen LogP contribution in [-0.2, 0) is 10.0 Å².